The fraction of sp³-hybridized carbons (Fsp3) is 0.381. The second-order valence-electron chi connectivity index (χ2n) is 6.73. The Bertz CT molecular complexity index is 1020. The Labute approximate surface area is 185 Å². The number of hydrogen-bond acceptors (Lipinski definition) is 7. The van der Waals surface area contributed by atoms with E-state index in [0.29, 0.717) is 41.9 Å². The number of nitrogens with zero attached hydrogens (tertiary/aromatic N) is 4. The molecule has 0 saturated heterocycles. The van der Waals surface area contributed by atoms with Gasteiger partial charge in [-0.05, 0) is 24.3 Å². The summed E-state index contributed by atoms with van der Waals surface area (Å²) in [7, 11) is 6.78. The summed E-state index contributed by atoms with van der Waals surface area (Å²) in [6, 6.07) is 9.30. The number of carbonyl (C=O) groups is 1. The molecule has 2 heterocycles. The first kappa shape index (κ1) is 22.7. The fourth-order valence-corrected chi connectivity index (χ4v) is 3.82. The van der Waals surface area contributed by atoms with Crippen molar-refractivity contribution in [2.24, 2.45) is 7.05 Å². The third-order valence-corrected chi connectivity index (χ3v) is 5.68. The number of thioether (sulfide) groups is 1. The maximum Gasteiger partial charge on any atom is 0.234 e. The standard InChI is InChI=1S/C21H27N5O4S/c1-25-9-5-6-15(25)12-19-23-24-21(26(19)10-11-28-2)31-14-20(27)22-17-13-16(29-3)7-8-18(17)30-4/h5-9,13H,10-12,14H2,1-4H3,(H,22,27). The molecule has 0 bridgehead atoms. The van der Waals surface area contributed by atoms with Gasteiger partial charge in [-0.25, -0.2) is 0 Å². The smallest absolute Gasteiger partial charge is 0.234 e. The van der Waals surface area contributed by atoms with Crippen molar-refractivity contribution in [1.82, 2.24) is 19.3 Å². The number of hydrogen-bond donors (Lipinski definition) is 1. The monoisotopic (exact) mass is 445 g/mol. The van der Waals surface area contributed by atoms with Crippen molar-refractivity contribution in [2.75, 3.05) is 39.0 Å². The highest BCUT2D eigenvalue weighted by Crippen LogP contribution is 2.29. The summed E-state index contributed by atoms with van der Waals surface area (Å²) in [5.41, 5.74) is 1.68. The SMILES string of the molecule is COCCn1c(Cc2cccn2C)nnc1SCC(=O)Nc1cc(OC)ccc1OC. The maximum absolute atomic E-state index is 12.6. The van der Waals surface area contributed by atoms with Crippen LogP contribution in [0.4, 0.5) is 5.69 Å². The molecule has 0 aliphatic rings. The lowest BCUT2D eigenvalue weighted by atomic mass is 10.2. The van der Waals surface area contributed by atoms with Gasteiger partial charge in [0.25, 0.3) is 0 Å². The summed E-state index contributed by atoms with van der Waals surface area (Å²) in [6.45, 7) is 1.13. The summed E-state index contributed by atoms with van der Waals surface area (Å²) in [5, 5.41) is 12.2. The van der Waals surface area contributed by atoms with Crippen LogP contribution in [-0.2, 0) is 29.5 Å². The molecule has 0 fully saturated rings. The Balaban J connectivity index is 1.69. The summed E-state index contributed by atoms with van der Waals surface area (Å²) >= 11 is 1.33. The number of nitrogens with one attached hydrogen (secondary N) is 1. The highest BCUT2D eigenvalue weighted by atomic mass is 32.2. The fourth-order valence-electron chi connectivity index (χ4n) is 3.03. The molecule has 0 unspecified atom stereocenters. The Morgan fingerprint density at radius 2 is 2.00 bits per heavy atom. The second kappa shape index (κ2) is 10.9. The summed E-state index contributed by atoms with van der Waals surface area (Å²) in [5.74, 6) is 2.02. The highest BCUT2D eigenvalue weighted by molar-refractivity contribution is 7.99. The zero-order valence-corrected chi connectivity index (χ0v) is 18.9. The van der Waals surface area contributed by atoms with Gasteiger partial charge in [0.15, 0.2) is 5.16 Å². The lowest BCUT2D eigenvalue weighted by Crippen LogP contribution is -2.16. The van der Waals surface area contributed by atoms with Crippen LogP contribution in [0.25, 0.3) is 0 Å². The van der Waals surface area contributed by atoms with Gasteiger partial charge in [0.1, 0.15) is 17.3 Å². The van der Waals surface area contributed by atoms with Crippen LogP contribution in [0.5, 0.6) is 11.5 Å². The van der Waals surface area contributed by atoms with Gasteiger partial charge in [-0.1, -0.05) is 11.8 Å². The Hall–Kier alpha value is -2.98. The van der Waals surface area contributed by atoms with E-state index in [9.17, 15) is 4.79 Å². The van der Waals surface area contributed by atoms with Crippen LogP contribution in [0, 0.1) is 0 Å². The number of amides is 1. The number of rotatable bonds is 11. The van der Waals surface area contributed by atoms with Crippen molar-refractivity contribution in [3.8, 4) is 11.5 Å². The summed E-state index contributed by atoms with van der Waals surface area (Å²) in [4.78, 5) is 12.6. The van der Waals surface area contributed by atoms with Gasteiger partial charge >= 0.3 is 0 Å². The van der Waals surface area contributed by atoms with Crippen molar-refractivity contribution in [3.05, 3.63) is 48.0 Å². The number of methoxy groups -OCH3 is 3. The molecule has 166 valence electrons. The molecule has 10 heteroatoms. The van der Waals surface area contributed by atoms with Gasteiger partial charge < -0.3 is 28.7 Å². The average molecular weight is 446 g/mol. The number of aryl methyl sites for hydroxylation is 1. The van der Waals surface area contributed by atoms with Crippen LogP contribution in [0.3, 0.4) is 0 Å². The van der Waals surface area contributed by atoms with E-state index in [0.717, 1.165) is 11.5 Å². The van der Waals surface area contributed by atoms with E-state index in [4.69, 9.17) is 14.2 Å². The Kier molecular flexibility index (Phi) is 7.96. The van der Waals surface area contributed by atoms with E-state index in [-0.39, 0.29) is 11.7 Å². The third-order valence-electron chi connectivity index (χ3n) is 4.72. The second-order valence-corrected chi connectivity index (χ2v) is 7.68. The van der Waals surface area contributed by atoms with Gasteiger partial charge in [0.05, 0.1) is 32.3 Å². The highest BCUT2D eigenvalue weighted by Gasteiger charge is 2.16. The molecule has 0 saturated carbocycles. The van der Waals surface area contributed by atoms with Crippen molar-refractivity contribution < 1.29 is 19.0 Å². The minimum absolute atomic E-state index is 0.176. The number of aromatic nitrogens is 4. The van der Waals surface area contributed by atoms with E-state index >= 15 is 0 Å². The van der Waals surface area contributed by atoms with Gasteiger partial charge in [0.2, 0.25) is 5.91 Å². The van der Waals surface area contributed by atoms with Crippen molar-refractivity contribution >= 4 is 23.4 Å². The van der Waals surface area contributed by atoms with Gasteiger partial charge in [0, 0.05) is 45.1 Å². The lowest BCUT2D eigenvalue weighted by Gasteiger charge is -2.12. The molecule has 3 aromatic rings. The molecule has 9 nitrogen and oxygen atoms in total. The van der Waals surface area contributed by atoms with E-state index in [1.165, 1.54) is 11.8 Å². The summed E-state index contributed by atoms with van der Waals surface area (Å²) in [6.07, 6.45) is 2.64. The predicted octanol–water partition coefficient (Wildman–Crippen LogP) is 2.60. The van der Waals surface area contributed by atoms with Crippen LogP contribution in [0.1, 0.15) is 11.5 Å². The molecule has 1 aromatic carbocycles. The van der Waals surface area contributed by atoms with Crippen LogP contribution in [0.2, 0.25) is 0 Å². The number of anilines is 1. The zero-order chi connectivity index (χ0) is 22.2. The zero-order valence-electron chi connectivity index (χ0n) is 18.1. The van der Waals surface area contributed by atoms with E-state index in [1.54, 1.807) is 39.5 Å². The first-order chi connectivity index (χ1) is 15.0. The normalized spacial score (nSPS) is 10.8. The maximum atomic E-state index is 12.6. The van der Waals surface area contributed by atoms with Crippen LogP contribution in [-0.4, -0.2) is 58.9 Å². The van der Waals surface area contributed by atoms with Crippen molar-refractivity contribution in [1.29, 1.82) is 0 Å². The molecule has 0 radical (unpaired) electrons. The number of carbonyl (C=O) groups excluding carboxylic acids is 1. The van der Waals surface area contributed by atoms with Crippen molar-refractivity contribution in [3.63, 3.8) is 0 Å². The number of benzene rings is 1. The first-order valence-corrected chi connectivity index (χ1v) is 10.7. The molecule has 3 rings (SSSR count). The molecule has 0 aliphatic carbocycles. The predicted molar refractivity (Wildman–Crippen MR) is 119 cm³/mol. The topological polar surface area (TPSA) is 92.4 Å². The van der Waals surface area contributed by atoms with Crippen molar-refractivity contribution in [2.45, 2.75) is 18.1 Å². The Morgan fingerprint density at radius 1 is 1.16 bits per heavy atom. The number of ether oxygens (including phenoxy) is 3. The van der Waals surface area contributed by atoms with E-state index < -0.39 is 0 Å². The average Bonchev–Trinajstić information content (AvgIpc) is 3.36. The molecule has 0 spiro atoms. The molecular formula is C21H27N5O4S. The molecular weight excluding hydrogens is 418 g/mol. The van der Waals surface area contributed by atoms with Crippen LogP contribution >= 0.6 is 11.8 Å². The van der Waals surface area contributed by atoms with Gasteiger partial charge in [-0.15, -0.1) is 10.2 Å². The van der Waals surface area contributed by atoms with Gasteiger partial charge in [-0.3, -0.25) is 4.79 Å². The molecule has 31 heavy (non-hydrogen) atoms. The van der Waals surface area contributed by atoms with Gasteiger partial charge in [-0.2, -0.15) is 0 Å². The Morgan fingerprint density at radius 3 is 2.68 bits per heavy atom. The van der Waals surface area contributed by atoms with Crippen LogP contribution in [0.15, 0.2) is 41.7 Å². The molecule has 0 aliphatic heterocycles. The van der Waals surface area contributed by atoms with E-state index in [1.807, 2.05) is 23.9 Å². The molecule has 0 atom stereocenters. The molecule has 1 amide bonds. The first-order valence-electron chi connectivity index (χ1n) is 9.71. The third kappa shape index (κ3) is 5.80. The van der Waals surface area contributed by atoms with E-state index in [2.05, 4.69) is 26.1 Å². The molecule has 2 aromatic heterocycles. The summed E-state index contributed by atoms with van der Waals surface area (Å²) < 4.78 is 19.8. The van der Waals surface area contributed by atoms with Crippen LogP contribution < -0.4 is 14.8 Å². The minimum Gasteiger partial charge on any atom is -0.497 e. The largest absolute Gasteiger partial charge is 0.497 e. The quantitative estimate of drug-likeness (QED) is 0.454. The molecule has 1 N–H and O–H groups in total. The minimum atomic E-state index is -0.179. The lowest BCUT2D eigenvalue weighted by molar-refractivity contribution is -0.113.